The molecule has 0 aromatic heterocycles. The van der Waals surface area contributed by atoms with Crippen molar-refractivity contribution < 1.29 is 13.5 Å². The number of sulfonamides is 1. The van der Waals surface area contributed by atoms with Gasteiger partial charge in [0, 0.05) is 18.6 Å². The third kappa shape index (κ3) is 3.45. The molecule has 0 aliphatic carbocycles. The highest BCUT2D eigenvalue weighted by Gasteiger charge is 2.18. The van der Waals surface area contributed by atoms with Gasteiger partial charge in [0.25, 0.3) is 0 Å². The normalized spacial score (nSPS) is 12.0. The highest BCUT2D eigenvalue weighted by atomic mass is 35.5. The van der Waals surface area contributed by atoms with Gasteiger partial charge in [-0.15, -0.1) is 0 Å². The molecule has 1 N–H and O–H groups in total. The number of likely N-dealkylation sites (N-methyl/N-ethyl adjacent to an activating group) is 1. The van der Waals surface area contributed by atoms with Crippen LogP contribution in [-0.4, -0.2) is 38.0 Å². The molecule has 90 valence electrons. The molecule has 0 unspecified atom stereocenters. The third-order valence-corrected chi connectivity index (χ3v) is 4.36. The van der Waals surface area contributed by atoms with Crippen LogP contribution in [0.2, 0.25) is 5.02 Å². The first kappa shape index (κ1) is 13.4. The highest BCUT2D eigenvalue weighted by Crippen LogP contribution is 2.18. The van der Waals surface area contributed by atoms with Gasteiger partial charge >= 0.3 is 0 Å². The van der Waals surface area contributed by atoms with Crippen molar-refractivity contribution in [2.45, 2.75) is 5.75 Å². The molecule has 1 aromatic rings. The fourth-order valence-electron chi connectivity index (χ4n) is 1.20. The SMILES string of the molecule is CN(CCO)S(=O)(=O)Cc1ccccc1Cl. The van der Waals surface area contributed by atoms with Crippen molar-refractivity contribution in [3.8, 4) is 0 Å². The van der Waals surface area contributed by atoms with E-state index in [4.69, 9.17) is 16.7 Å². The fraction of sp³-hybridized carbons (Fsp3) is 0.400. The van der Waals surface area contributed by atoms with Gasteiger partial charge in [0.15, 0.2) is 0 Å². The smallest absolute Gasteiger partial charge is 0.218 e. The second-order valence-corrected chi connectivity index (χ2v) is 5.88. The molecule has 4 nitrogen and oxygen atoms in total. The number of benzene rings is 1. The molecule has 0 amide bonds. The van der Waals surface area contributed by atoms with E-state index in [1.165, 1.54) is 7.05 Å². The number of nitrogens with zero attached hydrogens (tertiary/aromatic N) is 1. The molecule has 0 aliphatic rings. The van der Waals surface area contributed by atoms with Crippen molar-refractivity contribution in [3.05, 3.63) is 34.9 Å². The van der Waals surface area contributed by atoms with Crippen LogP contribution in [0.15, 0.2) is 24.3 Å². The fourth-order valence-corrected chi connectivity index (χ4v) is 2.71. The van der Waals surface area contributed by atoms with Gasteiger partial charge in [-0.1, -0.05) is 29.8 Å². The van der Waals surface area contributed by atoms with Crippen LogP contribution in [-0.2, 0) is 15.8 Å². The minimum Gasteiger partial charge on any atom is -0.395 e. The molecule has 0 saturated heterocycles. The first-order valence-electron chi connectivity index (χ1n) is 4.75. The Balaban J connectivity index is 2.85. The lowest BCUT2D eigenvalue weighted by Gasteiger charge is -2.16. The van der Waals surface area contributed by atoms with Crippen LogP contribution < -0.4 is 0 Å². The zero-order valence-corrected chi connectivity index (χ0v) is 10.5. The predicted molar refractivity (Wildman–Crippen MR) is 63.8 cm³/mol. The Morgan fingerprint density at radius 3 is 2.56 bits per heavy atom. The molecule has 0 saturated carbocycles. The summed E-state index contributed by atoms with van der Waals surface area (Å²) in [7, 11) is -1.98. The molecule has 16 heavy (non-hydrogen) atoms. The van der Waals surface area contributed by atoms with Crippen LogP contribution in [0, 0.1) is 0 Å². The largest absolute Gasteiger partial charge is 0.395 e. The Labute approximate surface area is 101 Å². The lowest BCUT2D eigenvalue weighted by molar-refractivity contribution is 0.266. The van der Waals surface area contributed by atoms with E-state index < -0.39 is 10.0 Å². The quantitative estimate of drug-likeness (QED) is 0.865. The molecule has 0 heterocycles. The Morgan fingerprint density at radius 1 is 1.38 bits per heavy atom. The summed E-state index contributed by atoms with van der Waals surface area (Å²) in [4.78, 5) is 0. The lowest BCUT2D eigenvalue weighted by Crippen LogP contribution is -2.30. The number of halogens is 1. The summed E-state index contributed by atoms with van der Waals surface area (Å²) >= 11 is 5.88. The second kappa shape index (κ2) is 5.63. The van der Waals surface area contributed by atoms with E-state index in [0.29, 0.717) is 10.6 Å². The molecule has 0 radical (unpaired) electrons. The molecule has 0 bridgehead atoms. The first-order valence-corrected chi connectivity index (χ1v) is 6.74. The molecular weight excluding hydrogens is 250 g/mol. The predicted octanol–water partition coefficient (Wildman–Crippen LogP) is 1.09. The van der Waals surface area contributed by atoms with Crippen LogP contribution in [0.25, 0.3) is 0 Å². The van der Waals surface area contributed by atoms with E-state index in [-0.39, 0.29) is 18.9 Å². The highest BCUT2D eigenvalue weighted by molar-refractivity contribution is 7.88. The molecule has 6 heteroatoms. The van der Waals surface area contributed by atoms with E-state index in [1.54, 1.807) is 24.3 Å². The summed E-state index contributed by atoms with van der Waals surface area (Å²) < 4.78 is 24.7. The van der Waals surface area contributed by atoms with Gasteiger partial charge < -0.3 is 5.11 Å². The minimum absolute atomic E-state index is 0.0901. The molecule has 0 spiro atoms. The molecule has 1 rings (SSSR count). The maximum absolute atomic E-state index is 11.8. The van der Waals surface area contributed by atoms with Gasteiger partial charge in [-0.3, -0.25) is 0 Å². The van der Waals surface area contributed by atoms with E-state index >= 15 is 0 Å². The zero-order chi connectivity index (χ0) is 12.2. The van der Waals surface area contributed by atoms with Gasteiger partial charge in [-0.05, 0) is 11.6 Å². The number of aliphatic hydroxyl groups excluding tert-OH is 1. The van der Waals surface area contributed by atoms with Crippen molar-refractivity contribution in [3.63, 3.8) is 0 Å². The van der Waals surface area contributed by atoms with Gasteiger partial charge in [0.1, 0.15) is 0 Å². The molecule has 0 fully saturated rings. The third-order valence-electron chi connectivity index (χ3n) is 2.19. The summed E-state index contributed by atoms with van der Waals surface area (Å²) in [5.41, 5.74) is 0.564. The second-order valence-electron chi connectivity index (χ2n) is 3.39. The summed E-state index contributed by atoms with van der Waals surface area (Å²) in [6.07, 6.45) is 0. The van der Waals surface area contributed by atoms with Crippen molar-refractivity contribution >= 4 is 21.6 Å². The van der Waals surface area contributed by atoms with Crippen LogP contribution in [0.5, 0.6) is 0 Å². The first-order chi connectivity index (χ1) is 7.47. The van der Waals surface area contributed by atoms with E-state index in [1.807, 2.05) is 0 Å². The van der Waals surface area contributed by atoms with Gasteiger partial charge in [0.05, 0.1) is 12.4 Å². The minimum atomic E-state index is -3.41. The number of rotatable bonds is 5. The zero-order valence-electron chi connectivity index (χ0n) is 8.93. The van der Waals surface area contributed by atoms with Crippen LogP contribution in [0.4, 0.5) is 0 Å². The van der Waals surface area contributed by atoms with Crippen molar-refractivity contribution in [2.24, 2.45) is 0 Å². The van der Waals surface area contributed by atoms with Crippen LogP contribution in [0.3, 0.4) is 0 Å². The van der Waals surface area contributed by atoms with Gasteiger partial charge in [-0.2, -0.15) is 0 Å². The summed E-state index contributed by atoms with van der Waals surface area (Å²) in [6, 6.07) is 6.81. The standard InChI is InChI=1S/C10H14ClNO3S/c1-12(6-7-13)16(14,15)8-9-4-2-3-5-10(9)11/h2-5,13H,6-8H2,1H3. The maximum Gasteiger partial charge on any atom is 0.218 e. The average Bonchev–Trinajstić information content (AvgIpc) is 2.21. The molecule has 1 aromatic carbocycles. The Morgan fingerprint density at radius 2 is 2.00 bits per heavy atom. The van der Waals surface area contributed by atoms with E-state index in [9.17, 15) is 8.42 Å². The van der Waals surface area contributed by atoms with Crippen molar-refractivity contribution in [1.29, 1.82) is 0 Å². The average molecular weight is 264 g/mol. The topological polar surface area (TPSA) is 57.6 Å². The summed E-state index contributed by atoms with van der Waals surface area (Å²) in [5, 5.41) is 9.12. The number of hydrogen-bond donors (Lipinski definition) is 1. The van der Waals surface area contributed by atoms with E-state index in [0.717, 1.165) is 4.31 Å². The Bertz CT molecular complexity index is 447. The van der Waals surface area contributed by atoms with E-state index in [2.05, 4.69) is 0 Å². The molecule has 0 aliphatic heterocycles. The maximum atomic E-state index is 11.8. The lowest BCUT2D eigenvalue weighted by atomic mass is 10.2. The number of aliphatic hydroxyl groups is 1. The molecule has 0 atom stereocenters. The number of hydrogen-bond acceptors (Lipinski definition) is 3. The van der Waals surface area contributed by atoms with Gasteiger partial charge in [0.2, 0.25) is 10.0 Å². The molecular formula is C10H14ClNO3S. The summed E-state index contributed by atoms with van der Waals surface area (Å²) in [5.74, 6) is -0.150. The Kier molecular flexibility index (Phi) is 4.73. The van der Waals surface area contributed by atoms with Crippen LogP contribution >= 0.6 is 11.6 Å². The Hall–Kier alpha value is -0.620. The van der Waals surface area contributed by atoms with Crippen molar-refractivity contribution in [2.75, 3.05) is 20.2 Å². The summed E-state index contributed by atoms with van der Waals surface area (Å²) in [6.45, 7) is -0.106. The van der Waals surface area contributed by atoms with Gasteiger partial charge in [-0.25, -0.2) is 12.7 Å². The van der Waals surface area contributed by atoms with Crippen molar-refractivity contribution in [1.82, 2.24) is 4.31 Å². The van der Waals surface area contributed by atoms with Crippen LogP contribution in [0.1, 0.15) is 5.56 Å². The monoisotopic (exact) mass is 263 g/mol.